The molecule has 0 spiro atoms. The Labute approximate surface area is 162 Å². The second kappa shape index (κ2) is 7.64. The molecule has 0 saturated heterocycles. The molecule has 28 heavy (non-hydrogen) atoms. The van der Waals surface area contributed by atoms with Crippen LogP contribution in [0.15, 0.2) is 72.8 Å². The van der Waals surface area contributed by atoms with Gasteiger partial charge >= 0.3 is 5.97 Å². The standard InChI is InChI=1S/C23H19FN2O2/c1-2-6-18-15-22(26(25-18)19-13-11-17(24)12-14-19)28-23(27)21-10-5-8-16-7-3-4-9-20(16)21/h3-5,7-15H,2,6H2,1H3. The van der Waals surface area contributed by atoms with Crippen LogP contribution in [0.25, 0.3) is 16.5 Å². The highest BCUT2D eigenvalue weighted by Gasteiger charge is 2.17. The van der Waals surface area contributed by atoms with E-state index in [-0.39, 0.29) is 5.82 Å². The molecule has 1 heterocycles. The maximum atomic E-state index is 13.3. The Bertz CT molecular complexity index is 1130. The van der Waals surface area contributed by atoms with Crippen LogP contribution in [0, 0.1) is 5.82 Å². The molecule has 1 aromatic heterocycles. The third-order valence-electron chi connectivity index (χ3n) is 4.51. The van der Waals surface area contributed by atoms with Crippen LogP contribution in [-0.2, 0) is 6.42 Å². The highest BCUT2D eigenvalue weighted by molar-refractivity contribution is 6.05. The average molecular weight is 374 g/mol. The third kappa shape index (κ3) is 3.51. The Balaban J connectivity index is 1.72. The van der Waals surface area contributed by atoms with E-state index < -0.39 is 5.97 Å². The van der Waals surface area contributed by atoms with E-state index in [1.165, 1.54) is 16.8 Å². The van der Waals surface area contributed by atoms with Crippen molar-refractivity contribution in [2.75, 3.05) is 0 Å². The van der Waals surface area contributed by atoms with E-state index in [0.29, 0.717) is 17.1 Å². The van der Waals surface area contributed by atoms with E-state index in [4.69, 9.17) is 4.74 Å². The Hall–Kier alpha value is -3.47. The Kier molecular flexibility index (Phi) is 4.89. The summed E-state index contributed by atoms with van der Waals surface area (Å²) in [6.45, 7) is 2.05. The number of carbonyl (C=O) groups is 1. The molecular formula is C23H19FN2O2. The van der Waals surface area contributed by atoms with Crippen LogP contribution < -0.4 is 4.74 Å². The zero-order chi connectivity index (χ0) is 19.5. The predicted molar refractivity (Wildman–Crippen MR) is 106 cm³/mol. The number of fused-ring (bicyclic) bond motifs is 1. The summed E-state index contributed by atoms with van der Waals surface area (Å²) in [5.41, 5.74) is 1.93. The fourth-order valence-electron chi connectivity index (χ4n) is 3.18. The first-order chi connectivity index (χ1) is 13.7. The molecule has 3 aromatic carbocycles. The van der Waals surface area contributed by atoms with Gasteiger partial charge < -0.3 is 4.74 Å². The van der Waals surface area contributed by atoms with Gasteiger partial charge in [-0.1, -0.05) is 49.7 Å². The van der Waals surface area contributed by atoms with Gasteiger partial charge in [0, 0.05) is 6.07 Å². The van der Waals surface area contributed by atoms with Crippen molar-refractivity contribution < 1.29 is 13.9 Å². The lowest BCUT2D eigenvalue weighted by Crippen LogP contribution is -2.12. The van der Waals surface area contributed by atoms with Crippen LogP contribution in [0.2, 0.25) is 0 Å². The van der Waals surface area contributed by atoms with Crippen molar-refractivity contribution in [3.05, 3.63) is 89.9 Å². The minimum atomic E-state index is -0.455. The van der Waals surface area contributed by atoms with Gasteiger partial charge in [-0.05, 0) is 47.5 Å². The second-order valence-electron chi connectivity index (χ2n) is 6.53. The molecule has 0 bridgehead atoms. The van der Waals surface area contributed by atoms with Crippen LogP contribution in [-0.4, -0.2) is 15.7 Å². The lowest BCUT2D eigenvalue weighted by Gasteiger charge is -2.09. The van der Waals surface area contributed by atoms with Crippen molar-refractivity contribution in [2.45, 2.75) is 19.8 Å². The molecule has 0 N–H and O–H groups in total. The number of ether oxygens (including phenoxy) is 1. The van der Waals surface area contributed by atoms with Gasteiger partial charge in [0.25, 0.3) is 0 Å². The molecule has 4 aromatic rings. The molecule has 0 amide bonds. The van der Waals surface area contributed by atoms with Crippen LogP contribution in [0.3, 0.4) is 0 Å². The minimum absolute atomic E-state index is 0.313. The Morgan fingerprint density at radius 1 is 1.04 bits per heavy atom. The zero-order valence-corrected chi connectivity index (χ0v) is 15.4. The fraction of sp³-hybridized carbons (Fsp3) is 0.130. The average Bonchev–Trinajstić information content (AvgIpc) is 3.10. The van der Waals surface area contributed by atoms with Gasteiger partial charge in [0.2, 0.25) is 5.88 Å². The number of benzene rings is 3. The van der Waals surface area contributed by atoms with Gasteiger partial charge in [0.05, 0.1) is 16.9 Å². The summed E-state index contributed by atoms with van der Waals surface area (Å²) in [5, 5.41) is 6.32. The van der Waals surface area contributed by atoms with Crippen molar-refractivity contribution in [2.24, 2.45) is 0 Å². The van der Waals surface area contributed by atoms with Crippen LogP contribution >= 0.6 is 0 Å². The topological polar surface area (TPSA) is 44.1 Å². The SMILES string of the molecule is CCCc1cc(OC(=O)c2cccc3ccccc23)n(-c2ccc(F)cc2)n1. The molecule has 0 atom stereocenters. The van der Waals surface area contributed by atoms with Gasteiger partial charge in [0.1, 0.15) is 5.82 Å². The maximum Gasteiger partial charge on any atom is 0.345 e. The van der Waals surface area contributed by atoms with Crippen molar-refractivity contribution in [1.82, 2.24) is 9.78 Å². The number of aromatic nitrogens is 2. The second-order valence-corrected chi connectivity index (χ2v) is 6.53. The van der Waals surface area contributed by atoms with Crippen LogP contribution in [0.5, 0.6) is 5.88 Å². The first-order valence-electron chi connectivity index (χ1n) is 9.20. The number of hydrogen-bond acceptors (Lipinski definition) is 3. The molecular weight excluding hydrogens is 355 g/mol. The Morgan fingerprint density at radius 2 is 1.79 bits per heavy atom. The van der Waals surface area contributed by atoms with Crippen molar-refractivity contribution in [3.63, 3.8) is 0 Å². The van der Waals surface area contributed by atoms with Crippen molar-refractivity contribution in [3.8, 4) is 11.6 Å². The molecule has 0 aliphatic carbocycles. The van der Waals surface area contributed by atoms with Gasteiger partial charge in [-0.15, -0.1) is 0 Å². The molecule has 4 nitrogen and oxygen atoms in total. The van der Waals surface area contributed by atoms with E-state index in [0.717, 1.165) is 29.3 Å². The third-order valence-corrected chi connectivity index (χ3v) is 4.51. The molecule has 0 saturated carbocycles. The number of rotatable bonds is 5. The molecule has 140 valence electrons. The highest BCUT2D eigenvalue weighted by Crippen LogP contribution is 2.24. The fourth-order valence-corrected chi connectivity index (χ4v) is 3.18. The minimum Gasteiger partial charge on any atom is -0.404 e. The van der Waals surface area contributed by atoms with Gasteiger partial charge in [-0.3, -0.25) is 0 Å². The summed E-state index contributed by atoms with van der Waals surface area (Å²) in [6.07, 6.45) is 1.67. The van der Waals surface area contributed by atoms with Gasteiger partial charge in [-0.25, -0.2) is 13.9 Å². The van der Waals surface area contributed by atoms with E-state index in [1.807, 2.05) is 36.4 Å². The largest absolute Gasteiger partial charge is 0.404 e. The van der Waals surface area contributed by atoms with Gasteiger partial charge in [0.15, 0.2) is 0 Å². The van der Waals surface area contributed by atoms with Crippen molar-refractivity contribution in [1.29, 1.82) is 0 Å². The molecule has 0 unspecified atom stereocenters. The van der Waals surface area contributed by atoms with Gasteiger partial charge in [-0.2, -0.15) is 5.10 Å². The number of halogens is 1. The van der Waals surface area contributed by atoms with E-state index in [1.54, 1.807) is 24.3 Å². The summed E-state index contributed by atoms with van der Waals surface area (Å²) in [5.74, 6) is -0.477. The molecule has 0 aliphatic rings. The Morgan fingerprint density at radius 3 is 2.57 bits per heavy atom. The number of hydrogen-bond donors (Lipinski definition) is 0. The van der Waals surface area contributed by atoms with E-state index in [2.05, 4.69) is 12.0 Å². The van der Waals surface area contributed by atoms with Crippen LogP contribution in [0.4, 0.5) is 4.39 Å². The number of nitrogens with zero attached hydrogens (tertiary/aromatic N) is 2. The maximum absolute atomic E-state index is 13.3. The predicted octanol–water partition coefficient (Wildman–Crippen LogP) is 5.34. The summed E-state index contributed by atoms with van der Waals surface area (Å²) in [4.78, 5) is 12.9. The van der Waals surface area contributed by atoms with E-state index in [9.17, 15) is 9.18 Å². The highest BCUT2D eigenvalue weighted by atomic mass is 19.1. The molecule has 5 heteroatoms. The molecule has 4 rings (SSSR count). The van der Waals surface area contributed by atoms with Crippen molar-refractivity contribution >= 4 is 16.7 Å². The van der Waals surface area contributed by atoms with Crippen LogP contribution in [0.1, 0.15) is 29.4 Å². The molecule has 0 aliphatic heterocycles. The lowest BCUT2D eigenvalue weighted by atomic mass is 10.1. The van der Waals surface area contributed by atoms with E-state index >= 15 is 0 Å². The summed E-state index contributed by atoms with van der Waals surface area (Å²) in [6, 6.07) is 20.9. The number of carbonyl (C=O) groups excluding carboxylic acids is 1. The number of esters is 1. The summed E-state index contributed by atoms with van der Waals surface area (Å²) in [7, 11) is 0. The first kappa shape index (κ1) is 17.9. The molecule has 0 fully saturated rings. The number of aryl methyl sites for hydroxylation is 1. The lowest BCUT2D eigenvalue weighted by molar-refractivity contribution is 0.0725. The summed E-state index contributed by atoms with van der Waals surface area (Å²) < 4.78 is 20.5. The zero-order valence-electron chi connectivity index (χ0n) is 15.4. The normalized spacial score (nSPS) is 10.9. The molecule has 0 radical (unpaired) electrons. The monoisotopic (exact) mass is 374 g/mol. The smallest absolute Gasteiger partial charge is 0.345 e. The summed E-state index contributed by atoms with van der Waals surface area (Å²) >= 11 is 0. The quantitative estimate of drug-likeness (QED) is 0.443. The first-order valence-corrected chi connectivity index (χ1v) is 9.20.